The molecule has 1 rings (SSSR count). The Morgan fingerprint density at radius 2 is 1.47 bits per heavy atom. The van der Waals surface area contributed by atoms with Crippen molar-refractivity contribution in [3.05, 3.63) is 34.9 Å². The summed E-state index contributed by atoms with van der Waals surface area (Å²) in [6, 6.07) is 6.30. The SMILES string of the molecule is Cc1cccc(C(C)(Br)Br)c1C(C)(Br)Br. The first-order chi connectivity index (χ1) is 6.64. The molecule has 0 unspecified atom stereocenters. The van der Waals surface area contributed by atoms with Crippen molar-refractivity contribution < 1.29 is 0 Å². The normalized spacial score (nSPS) is 13.0. The lowest BCUT2D eigenvalue weighted by atomic mass is 9.98. The average molecular weight is 464 g/mol. The minimum absolute atomic E-state index is 0.204. The smallest absolute Gasteiger partial charge is 0.0677 e. The van der Waals surface area contributed by atoms with Gasteiger partial charge in [0.15, 0.2) is 0 Å². The largest absolute Gasteiger partial charge is 0.103 e. The lowest BCUT2D eigenvalue weighted by molar-refractivity contribution is 0.946. The summed E-state index contributed by atoms with van der Waals surface area (Å²) in [6.45, 7) is 6.28. The maximum absolute atomic E-state index is 3.66. The fourth-order valence-electron chi connectivity index (χ4n) is 1.62. The molecule has 0 atom stereocenters. The zero-order valence-electron chi connectivity index (χ0n) is 8.74. The van der Waals surface area contributed by atoms with Crippen LogP contribution in [-0.4, -0.2) is 0 Å². The van der Waals surface area contributed by atoms with E-state index >= 15 is 0 Å². The molecule has 1 aromatic carbocycles. The zero-order valence-corrected chi connectivity index (χ0v) is 15.1. The van der Waals surface area contributed by atoms with E-state index in [1.165, 1.54) is 16.7 Å². The molecule has 15 heavy (non-hydrogen) atoms. The Balaban J connectivity index is 3.48. The number of benzene rings is 1. The molecular weight excluding hydrogens is 452 g/mol. The first kappa shape index (κ1) is 14.2. The van der Waals surface area contributed by atoms with Gasteiger partial charge in [0.05, 0.1) is 0 Å². The third-order valence-electron chi connectivity index (χ3n) is 2.18. The second-order valence-corrected chi connectivity index (χ2v) is 12.2. The minimum Gasteiger partial charge on any atom is -0.0677 e. The van der Waals surface area contributed by atoms with Gasteiger partial charge in [-0.3, -0.25) is 0 Å². The van der Waals surface area contributed by atoms with Crippen LogP contribution in [-0.2, 0) is 6.47 Å². The van der Waals surface area contributed by atoms with E-state index in [0.29, 0.717) is 0 Å². The van der Waals surface area contributed by atoms with Crippen molar-refractivity contribution in [2.45, 2.75) is 27.2 Å². The van der Waals surface area contributed by atoms with E-state index in [2.05, 4.69) is 103 Å². The lowest BCUT2D eigenvalue weighted by Gasteiger charge is -2.27. The van der Waals surface area contributed by atoms with Gasteiger partial charge in [-0.1, -0.05) is 81.9 Å². The van der Waals surface area contributed by atoms with Crippen molar-refractivity contribution >= 4 is 63.7 Å². The van der Waals surface area contributed by atoms with Crippen LogP contribution in [0.3, 0.4) is 0 Å². The first-order valence-electron chi connectivity index (χ1n) is 4.50. The first-order valence-corrected chi connectivity index (χ1v) is 7.67. The third kappa shape index (κ3) is 3.55. The molecule has 4 heteroatoms. The Morgan fingerprint density at radius 3 is 1.80 bits per heavy atom. The van der Waals surface area contributed by atoms with Gasteiger partial charge in [0.2, 0.25) is 0 Å². The molecule has 0 N–H and O–H groups in total. The fraction of sp³-hybridized carbons (Fsp3) is 0.455. The van der Waals surface area contributed by atoms with Crippen molar-refractivity contribution in [2.75, 3.05) is 0 Å². The summed E-state index contributed by atoms with van der Waals surface area (Å²) in [6.07, 6.45) is 0. The minimum atomic E-state index is -0.205. The molecule has 0 saturated heterocycles. The predicted molar refractivity (Wildman–Crippen MR) is 81.6 cm³/mol. The molecule has 0 aliphatic heterocycles. The summed E-state index contributed by atoms with van der Waals surface area (Å²) < 4.78 is -0.409. The highest BCUT2D eigenvalue weighted by atomic mass is 79.9. The third-order valence-corrected chi connectivity index (χ3v) is 3.83. The Morgan fingerprint density at radius 1 is 0.933 bits per heavy atom. The molecule has 0 amide bonds. The van der Waals surface area contributed by atoms with E-state index < -0.39 is 0 Å². The molecule has 0 fully saturated rings. The van der Waals surface area contributed by atoms with Crippen LogP contribution in [0.5, 0.6) is 0 Å². The van der Waals surface area contributed by atoms with Crippen LogP contribution in [0.25, 0.3) is 0 Å². The number of hydrogen-bond donors (Lipinski definition) is 0. The Bertz CT molecular complexity index is 358. The standard InChI is InChI=1S/C11H12Br4/c1-7-5-4-6-8(10(2,12)13)9(7)11(3,14)15/h4-6H,1-3H3. The van der Waals surface area contributed by atoms with Gasteiger partial charge in [-0.2, -0.15) is 0 Å². The van der Waals surface area contributed by atoms with Crippen LogP contribution < -0.4 is 0 Å². The van der Waals surface area contributed by atoms with E-state index in [4.69, 9.17) is 0 Å². The van der Waals surface area contributed by atoms with Crippen LogP contribution in [0.2, 0.25) is 0 Å². The molecule has 0 aromatic heterocycles. The van der Waals surface area contributed by atoms with E-state index in [9.17, 15) is 0 Å². The zero-order chi connectivity index (χ0) is 11.9. The van der Waals surface area contributed by atoms with Crippen LogP contribution in [0.15, 0.2) is 18.2 Å². The number of aryl methyl sites for hydroxylation is 1. The molecule has 84 valence electrons. The van der Waals surface area contributed by atoms with Crippen molar-refractivity contribution in [1.29, 1.82) is 0 Å². The van der Waals surface area contributed by atoms with Gasteiger partial charge < -0.3 is 0 Å². The summed E-state index contributed by atoms with van der Waals surface area (Å²) in [4.78, 5) is 0. The second kappa shape index (κ2) is 4.79. The van der Waals surface area contributed by atoms with Gasteiger partial charge in [-0.05, 0) is 37.5 Å². The summed E-state index contributed by atoms with van der Waals surface area (Å²) in [5.74, 6) is 0. The second-order valence-electron chi connectivity index (χ2n) is 3.77. The Hall–Kier alpha value is 1.14. The summed E-state index contributed by atoms with van der Waals surface area (Å²) >= 11 is 14.6. The summed E-state index contributed by atoms with van der Waals surface area (Å²) in [5.41, 5.74) is 3.73. The number of hydrogen-bond acceptors (Lipinski definition) is 0. The Kier molecular flexibility index (Phi) is 4.53. The monoisotopic (exact) mass is 460 g/mol. The van der Waals surface area contributed by atoms with Crippen LogP contribution in [0.1, 0.15) is 30.5 Å². The van der Waals surface area contributed by atoms with Gasteiger partial charge in [-0.15, -0.1) is 0 Å². The molecule has 1 aromatic rings. The molecular formula is C11H12Br4. The van der Waals surface area contributed by atoms with Crippen LogP contribution >= 0.6 is 63.7 Å². The molecule has 0 saturated carbocycles. The highest BCUT2D eigenvalue weighted by Gasteiger charge is 2.30. The summed E-state index contributed by atoms with van der Waals surface area (Å²) in [7, 11) is 0. The van der Waals surface area contributed by atoms with Gasteiger partial charge in [0.1, 0.15) is 6.47 Å². The van der Waals surface area contributed by atoms with Gasteiger partial charge >= 0.3 is 0 Å². The number of alkyl halides is 4. The average Bonchev–Trinajstić information content (AvgIpc) is 1.99. The highest BCUT2D eigenvalue weighted by Crippen LogP contribution is 2.48. The van der Waals surface area contributed by atoms with E-state index in [1.807, 2.05) is 0 Å². The fourth-order valence-corrected chi connectivity index (χ4v) is 3.33. The molecule has 0 aliphatic rings. The topological polar surface area (TPSA) is 0 Å². The molecule has 0 heterocycles. The lowest BCUT2D eigenvalue weighted by Crippen LogP contribution is -2.15. The van der Waals surface area contributed by atoms with Gasteiger partial charge in [-0.25, -0.2) is 0 Å². The summed E-state index contributed by atoms with van der Waals surface area (Å²) in [5, 5.41) is 0. The quantitative estimate of drug-likeness (QED) is 0.478. The van der Waals surface area contributed by atoms with Crippen LogP contribution in [0, 0.1) is 6.92 Å². The van der Waals surface area contributed by atoms with Crippen molar-refractivity contribution in [1.82, 2.24) is 0 Å². The predicted octanol–water partition coefficient (Wildman–Crippen LogP) is 5.92. The van der Waals surface area contributed by atoms with E-state index in [-0.39, 0.29) is 6.47 Å². The van der Waals surface area contributed by atoms with E-state index in [1.54, 1.807) is 0 Å². The number of halogens is 4. The molecule has 0 radical (unpaired) electrons. The molecule has 0 aliphatic carbocycles. The highest BCUT2D eigenvalue weighted by molar-refractivity contribution is 9.25. The van der Waals surface area contributed by atoms with E-state index in [0.717, 1.165) is 0 Å². The molecule has 0 spiro atoms. The molecule has 0 nitrogen and oxygen atoms in total. The number of rotatable bonds is 2. The molecule has 0 bridgehead atoms. The van der Waals surface area contributed by atoms with Crippen molar-refractivity contribution in [3.63, 3.8) is 0 Å². The Labute approximate surface area is 125 Å². The maximum atomic E-state index is 3.66. The van der Waals surface area contributed by atoms with Crippen molar-refractivity contribution in [3.8, 4) is 0 Å². The maximum Gasteiger partial charge on any atom is 0.103 e. The van der Waals surface area contributed by atoms with Gasteiger partial charge in [0, 0.05) is 0 Å². The van der Waals surface area contributed by atoms with Crippen LogP contribution in [0.4, 0.5) is 0 Å². The van der Waals surface area contributed by atoms with Crippen molar-refractivity contribution in [2.24, 2.45) is 0 Å². The van der Waals surface area contributed by atoms with Gasteiger partial charge in [0.25, 0.3) is 0 Å².